The first kappa shape index (κ1) is 29.5. The van der Waals surface area contributed by atoms with Crippen LogP contribution in [0.25, 0.3) is 11.2 Å². The molecular formula is C17H30N5O7PS4. The number of hydrogen-bond donors (Lipinski definition) is 5. The number of ether oxygens (including phenoxy) is 2. The molecular weight excluding hydrogens is 545 g/mol. The van der Waals surface area contributed by atoms with Crippen molar-refractivity contribution in [2.75, 3.05) is 55.7 Å². The van der Waals surface area contributed by atoms with E-state index >= 15 is 0 Å². The van der Waals surface area contributed by atoms with E-state index in [-0.39, 0.29) is 51.0 Å². The zero-order chi connectivity index (χ0) is 25.4. The summed E-state index contributed by atoms with van der Waals surface area (Å²) in [4.78, 5) is 33.0. The smallest absolute Gasteiger partial charge is 0.357 e. The van der Waals surface area contributed by atoms with Gasteiger partial charge in [0, 0.05) is 29.6 Å². The molecule has 2 heterocycles. The normalized spacial score (nSPS) is 15.8. The Labute approximate surface area is 211 Å². The number of imidazole rings is 1. The van der Waals surface area contributed by atoms with Crippen molar-refractivity contribution in [3.8, 4) is 5.88 Å². The maximum atomic E-state index is 12.7. The van der Waals surface area contributed by atoms with Crippen molar-refractivity contribution in [3.63, 3.8) is 0 Å². The van der Waals surface area contributed by atoms with Gasteiger partial charge in [0.05, 0.1) is 33.3 Å². The maximum Gasteiger partial charge on any atom is 0.357 e. The number of aliphatic hydroxyl groups excluding tert-OH is 2. The number of aliphatic hydroxyl groups is 2. The minimum absolute atomic E-state index is 0.000641. The highest BCUT2D eigenvalue weighted by atomic mass is 32.8. The fourth-order valence-electron chi connectivity index (χ4n) is 3.17. The molecule has 6 N–H and O–H groups in total. The van der Waals surface area contributed by atoms with Gasteiger partial charge in [-0.05, 0) is 12.8 Å². The van der Waals surface area contributed by atoms with Crippen molar-refractivity contribution in [1.29, 1.82) is 0 Å². The molecule has 0 spiro atoms. The van der Waals surface area contributed by atoms with Crippen LogP contribution in [0.15, 0.2) is 6.33 Å². The average Bonchev–Trinajstić information content (AvgIpc) is 3.17. The second-order valence-corrected chi connectivity index (χ2v) is 15.3. The van der Waals surface area contributed by atoms with Crippen molar-refractivity contribution < 1.29 is 34.0 Å². The van der Waals surface area contributed by atoms with Crippen LogP contribution in [0, 0.1) is 0 Å². The number of aromatic nitrogens is 4. The Hall–Kier alpha value is -0.680. The van der Waals surface area contributed by atoms with E-state index in [0.717, 1.165) is 0 Å². The van der Waals surface area contributed by atoms with Crippen LogP contribution in [-0.4, -0.2) is 94.8 Å². The van der Waals surface area contributed by atoms with E-state index in [1.165, 1.54) is 13.4 Å². The quantitative estimate of drug-likeness (QED) is 0.157. The standard InChI is InChI=1S/C17H30N5O7PS4/c1-28-15-13-14(20-16(18)21-15)22(12-19-13)4-7-29-17(30(25,26)27,2-8-33(31)10-5-23)3-9-34(32)11-6-24/h12,23-24H,2-11H2,1H3,(H2,18,20,21)(H2,25,26,27). The molecule has 0 saturated heterocycles. The Morgan fingerprint density at radius 2 is 1.71 bits per heavy atom. The van der Waals surface area contributed by atoms with Crippen LogP contribution in [0.4, 0.5) is 5.95 Å². The zero-order valence-corrected chi connectivity index (χ0v) is 22.8. The molecule has 12 nitrogen and oxygen atoms in total. The second-order valence-electron chi connectivity index (χ2n) is 7.18. The van der Waals surface area contributed by atoms with Gasteiger partial charge < -0.3 is 39.8 Å². The summed E-state index contributed by atoms with van der Waals surface area (Å²) in [5.74, 6) is 1.56. The molecule has 0 aromatic carbocycles. The summed E-state index contributed by atoms with van der Waals surface area (Å²) in [5.41, 5.74) is 6.54. The van der Waals surface area contributed by atoms with Gasteiger partial charge in [-0.25, -0.2) is 4.98 Å². The fourth-order valence-corrected chi connectivity index (χ4v) is 7.42. The number of nitrogens with two attached hydrogens (primary N) is 1. The van der Waals surface area contributed by atoms with Crippen LogP contribution in [-0.2, 0) is 57.1 Å². The molecule has 2 aromatic heterocycles. The molecule has 17 heteroatoms. The molecule has 0 bridgehead atoms. The van der Waals surface area contributed by atoms with E-state index in [4.69, 9.17) is 47.8 Å². The van der Waals surface area contributed by atoms with Crippen molar-refractivity contribution in [3.05, 3.63) is 6.33 Å². The molecule has 0 aliphatic carbocycles. The van der Waals surface area contributed by atoms with E-state index in [2.05, 4.69) is 15.0 Å². The number of rotatable bonds is 16. The Morgan fingerprint density at radius 1 is 1.12 bits per heavy atom. The third-order valence-corrected chi connectivity index (χ3v) is 11.2. The van der Waals surface area contributed by atoms with Gasteiger partial charge in [-0.2, -0.15) is 9.97 Å². The lowest BCUT2D eigenvalue weighted by Crippen LogP contribution is -2.37. The number of nitrogen functional groups attached to an aromatic ring is 1. The molecule has 0 fully saturated rings. The minimum Gasteiger partial charge on any atom is -0.479 e. The lowest BCUT2D eigenvalue weighted by Gasteiger charge is -2.35. The van der Waals surface area contributed by atoms with Crippen LogP contribution >= 0.6 is 7.60 Å². The lowest BCUT2D eigenvalue weighted by molar-refractivity contribution is -0.00848. The van der Waals surface area contributed by atoms with Crippen molar-refractivity contribution in [1.82, 2.24) is 19.5 Å². The van der Waals surface area contributed by atoms with E-state index in [1.54, 1.807) is 4.57 Å². The number of anilines is 1. The average molecular weight is 576 g/mol. The SMILES string of the molecule is COc1nc(N)nc2c1ncn2CCOC(CCS(=S)CCO)(CCS(=S)CCO)P(=O)(O)O. The van der Waals surface area contributed by atoms with Crippen LogP contribution in [0.5, 0.6) is 5.88 Å². The summed E-state index contributed by atoms with van der Waals surface area (Å²) < 4.78 is 25.4. The van der Waals surface area contributed by atoms with Gasteiger partial charge in [-0.1, -0.05) is 22.4 Å². The van der Waals surface area contributed by atoms with Gasteiger partial charge in [0.2, 0.25) is 11.8 Å². The monoisotopic (exact) mass is 575 g/mol. The van der Waals surface area contributed by atoms with E-state index in [0.29, 0.717) is 34.2 Å². The predicted molar refractivity (Wildman–Crippen MR) is 139 cm³/mol. The van der Waals surface area contributed by atoms with E-state index < -0.39 is 31.8 Å². The summed E-state index contributed by atoms with van der Waals surface area (Å²) >= 11 is 10.7. The zero-order valence-electron chi connectivity index (χ0n) is 18.6. The first-order chi connectivity index (χ1) is 16.1. The Kier molecular flexibility index (Phi) is 11.8. The van der Waals surface area contributed by atoms with Crippen molar-refractivity contribution in [2.45, 2.75) is 24.7 Å². The fraction of sp³-hybridized carbons (Fsp3) is 0.706. The minimum atomic E-state index is -4.75. The molecule has 0 saturated carbocycles. The van der Waals surface area contributed by atoms with E-state index in [1.807, 2.05) is 0 Å². The molecule has 2 unspecified atom stereocenters. The number of nitrogens with zero attached hydrogens (tertiary/aromatic N) is 4. The molecule has 0 aliphatic heterocycles. The van der Waals surface area contributed by atoms with Gasteiger partial charge in [-0.15, -0.1) is 18.9 Å². The largest absolute Gasteiger partial charge is 0.479 e. The van der Waals surface area contributed by atoms with Crippen LogP contribution in [0.2, 0.25) is 0 Å². The summed E-state index contributed by atoms with van der Waals surface area (Å²) in [6.07, 6.45) is 1.53. The van der Waals surface area contributed by atoms with Crippen molar-refractivity contribution >= 4 is 66.0 Å². The molecule has 194 valence electrons. The number of hydrogen-bond acceptors (Lipinski definition) is 11. The van der Waals surface area contributed by atoms with Gasteiger partial charge >= 0.3 is 7.60 Å². The highest BCUT2D eigenvalue weighted by molar-refractivity contribution is 8.29. The lowest BCUT2D eigenvalue weighted by atomic mass is 10.2. The summed E-state index contributed by atoms with van der Waals surface area (Å²) in [6.45, 7) is -0.0567. The molecule has 2 rings (SSSR count). The first-order valence-corrected chi connectivity index (χ1v) is 16.8. The van der Waals surface area contributed by atoms with Gasteiger partial charge in [0.15, 0.2) is 16.5 Å². The third kappa shape index (κ3) is 7.91. The van der Waals surface area contributed by atoms with Gasteiger partial charge in [0.1, 0.15) is 0 Å². The summed E-state index contributed by atoms with van der Waals surface area (Å²) in [5, 5.41) is 16.5. The molecule has 0 radical (unpaired) electrons. The predicted octanol–water partition coefficient (Wildman–Crippen LogP) is -0.767. The van der Waals surface area contributed by atoms with Crippen LogP contribution < -0.4 is 10.5 Å². The second kappa shape index (κ2) is 13.6. The number of fused-ring (bicyclic) bond motifs is 1. The molecule has 2 aromatic rings. The van der Waals surface area contributed by atoms with Crippen molar-refractivity contribution in [2.24, 2.45) is 0 Å². The maximum absolute atomic E-state index is 12.7. The highest BCUT2D eigenvalue weighted by Gasteiger charge is 2.47. The molecule has 0 aliphatic rings. The topological polar surface area (TPSA) is 186 Å². The third-order valence-electron chi connectivity index (χ3n) is 4.95. The molecule has 2 atom stereocenters. The Balaban J connectivity index is 2.25. The Morgan fingerprint density at radius 3 is 2.21 bits per heavy atom. The van der Waals surface area contributed by atoms with Crippen LogP contribution in [0.3, 0.4) is 0 Å². The van der Waals surface area contributed by atoms with Gasteiger partial charge in [0.25, 0.3) is 0 Å². The summed E-state index contributed by atoms with van der Waals surface area (Å²) in [7, 11) is -4.60. The molecule has 34 heavy (non-hydrogen) atoms. The summed E-state index contributed by atoms with van der Waals surface area (Å²) in [6, 6.07) is 0. The Bertz CT molecular complexity index is 1030. The van der Waals surface area contributed by atoms with Gasteiger partial charge in [-0.3, -0.25) is 4.57 Å². The van der Waals surface area contributed by atoms with Crippen LogP contribution in [0.1, 0.15) is 12.8 Å². The molecule has 0 amide bonds. The highest BCUT2D eigenvalue weighted by Crippen LogP contribution is 2.55. The first-order valence-electron chi connectivity index (χ1n) is 10.2. The number of methoxy groups -OCH3 is 1. The van der Waals surface area contributed by atoms with E-state index in [9.17, 15) is 14.4 Å².